The second-order valence-corrected chi connectivity index (χ2v) is 7.56. The van der Waals surface area contributed by atoms with E-state index in [1.807, 2.05) is 75.6 Å². The quantitative estimate of drug-likeness (QED) is 0.544. The van der Waals surface area contributed by atoms with Crippen LogP contribution in [-0.2, 0) is 11.2 Å². The van der Waals surface area contributed by atoms with Crippen LogP contribution in [0.2, 0.25) is 0 Å². The van der Waals surface area contributed by atoms with E-state index in [1.54, 1.807) is 4.57 Å². The second-order valence-electron chi connectivity index (χ2n) is 7.56. The monoisotopic (exact) mass is 376 g/mol. The average molecular weight is 377 g/mol. The lowest BCUT2D eigenvalue weighted by Crippen LogP contribution is -2.14. The molecule has 0 atom stereocenters. The van der Waals surface area contributed by atoms with Gasteiger partial charge in [0.05, 0.1) is 5.52 Å². The highest BCUT2D eigenvalue weighted by atomic mass is 16.2. The summed E-state index contributed by atoms with van der Waals surface area (Å²) in [6.45, 7) is 2.94. The van der Waals surface area contributed by atoms with Crippen molar-refractivity contribution in [3.63, 3.8) is 0 Å². The maximum Gasteiger partial charge on any atom is 0.262 e. The Labute approximate surface area is 166 Å². The van der Waals surface area contributed by atoms with Crippen molar-refractivity contribution in [3.05, 3.63) is 71.4 Å². The summed E-state index contributed by atoms with van der Waals surface area (Å²) in [5.41, 5.74) is 3.34. The molecular weight excluding hydrogens is 348 g/mol. The molecule has 0 fully saturated rings. The number of fused-ring (bicyclic) bond motifs is 1. The van der Waals surface area contributed by atoms with Crippen molar-refractivity contribution in [2.75, 3.05) is 20.6 Å². The Kier molecular flexibility index (Phi) is 6.42. The van der Waals surface area contributed by atoms with Gasteiger partial charge in [-0.15, -0.1) is 0 Å². The Morgan fingerprint density at radius 3 is 2.32 bits per heavy atom. The zero-order chi connectivity index (χ0) is 20.1. The van der Waals surface area contributed by atoms with Gasteiger partial charge in [-0.3, -0.25) is 14.2 Å². The lowest BCUT2D eigenvalue weighted by Gasteiger charge is -2.09. The van der Waals surface area contributed by atoms with E-state index in [-0.39, 0.29) is 11.7 Å². The Balaban J connectivity index is 1.87. The Bertz CT molecular complexity index is 971. The molecule has 0 saturated carbocycles. The van der Waals surface area contributed by atoms with Crippen LogP contribution in [0.15, 0.2) is 54.6 Å². The summed E-state index contributed by atoms with van der Waals surface area (Å²) in [4.78, 5) is 27.9. The number of ketones is 1. The van der Waals surface area contributed by atoms with Gasteiger partial charge in [0.1, 0.15) is 5.78 Å². The molecule has 146 valence electrons. The molecule has 0 aliphatic rings. The van der Waals surface area contributed by atoms with Crippen LogP contribution in [-0.4, -0.2) is 41.8 Å². The highest BCUT2D eigenvalue weighted by molar-refractivity contribution is 6.04. The van der Waals surface area contributed by atoms with Gasteiger partial charge in [-0.25, -0.2) is 0 Å². The molecule has 28 heavy (non-hydrogen) atoms. The summed E-state index contributed by atoms with van der Waals surface area (Å²) in [6, 6.07) is 17.1. The van der Waals surface area contributed by atoms with Gasteiger partial charge in [0.2, 0.25) is 0 Å². The van der Waals surface area contributed by atoms with Gasteiger partial charge in [-0.05, 0) is 64.2 Å². The van der Waals surface area contributed by atoms with Gasteiger partial charge in [0.15, 0.2) is 0 Å². The number of Topliss-reactive ketones (excluding diaryl/α,β-unsaturated/α-hetero) is 1. The topological polar surface area (TPSA) is 42.3 Å². The first-order valence-electron chi connectivity index (χ1n) is 9.84. The van der Waals surface area contributed by atoms with Crippen molar-refractivity contribution in [2.45, 2.75) is 32.6 Å². The predicted octanol–water partition coefficient (Wildman–Crippen LogP) is 4.48. The number of carbonyl (C=O) groups is 2. The molecule has 0 amide bonds. The largest absolute Gasteiger partial charge is 0.309 e. The number of carbonyl (C=O) groups excluding carboxylic acids is 2. The third kappa shape index (κ3) is 4.39. The van der Waals surface area contributed by atoms with Gasteiger partial charge in [0.25, 0.3) is 5.91 Å². The minimum atomic E-state index is -0.0565. The lowest BCUT2D eigenvalue weighted by molar-refractivity contribution is -0.118. The average Bonchev–Trinajstić information content (AvgIpc) is 2.97. The minimum absolute atomic E-state index is 0.0565. The molecule has 0 bridgehead atoms. The van der Waals surface area contributed by atoms with Gasteiger partial charge in [-0.2, -0.15) is 0 Å². The molecule has 0 saturated heterocycles. The van der Waals surface area contributed by atoms with Crippen molar-refractivity contribution in [3.8, 4) is 0 Å². The highest BCUT2D eigenvalue weighted by Gasteiger charge is 2.20. The maximum atomic E-state index is 13.1. The normalized spacial score (nSPS) is 11.3. The molecule has 0 spiro atoms. The number of benzene rings is 2. The number of rotatable bonds is 8. The molecule has 4 nitrogen and oxygen atoms in total. The van der Waals surface area contributed by atoms with Crippen LogP contribution in [0.1, 0.15) is 40.9 Å². The second kappa shape index (κ2) is 8.98. The minimum Gasteiger partial charge on any atom is -0.309 e. The SMILES string of the molecule is Cc1c(CC(=O)CCCCN(C)C)c2ccccc2n1C(=O)c1ccccc1. The van der Waals surface area contributed by atoms with Crippen molar-refractivity contribution in [1.29, 1.82) is 0 Å². The van der Waals surface area contributed by atoms with E-state index in [4.69, 9.17) is 0 Å². The molecule has 0 radical (unpaired) electrons. The van der Waals surface area contributed by atoms with Gasteiger partial charge in [-0.1, -0.05) is 36.4 Å². The van der Waals surface area contributed by atoms with E-state index in [1.165, 1.54) is 0 Å². The fourth-order valence-corrected chi connectivity index (χ4v) is 3.66. The van der Waals surface area contributed by atoms with Crippen LogP contribution < -0.4 is 0 Å². The first-order chi connectivity index (χ1) is 13.5. The van der Waals surface area contributed by atoms with E-state index in [0.29, 0.717) is 18.4 Å². The summed E-state index contributed by atoms with van der Waals surface area (Å²) in [5, 5.41) is 0.992. The van der Waals surface area contributed by atoms with Crippen LogP contribution in [0.25, 0.3) is 10.9 Å². The highest BCUT2D eigenvalue weighted by Crippen LogP contribution is 2.28. The van der Waals surface area contributed by atoms with E-state index in [2.05, 4.69) is 4.90 Å². The van der Waals surface area contributed by atoms with E-state index in [9.17, 15) is 9.59 Å². The standard InChI is InChI=1S/C24H28N2O2/c1-18-22(17-20(27)13-9-10-16-25(2)3)21-14-7-8-15-23(21)26(18)24(28)19-11-5-4-6-12-19/h4-8,11-12,14-15H,9-10,13,16-17H2,1-3H3. The van der Waals surface area contributed by atoms with E-state index < -0.39 is 0 Å². The molecule has 0 unspecified atom stereocenters. The number of nitrogens with zero attached hydrogens (tertiary/aromatic N) is 2. The van der Waals surface area contributed by atoms with Crippen LogP contribution in [0.4, 0.5) is 0 Å². The van der Waals surface area contributed by atoms with Crippen molar-refractivity contribution >= 4 is 22.6 Å². The summed E-state index contributed by atoms with van der Waals surface area (Å²) in [6.07, 6.45) is 2.88. The van der Waals surface area contributed by atoms with Gasteiger partial charge < -0.3 is 4.90 Å². The Hall–Kier alpha value is -2.72. The number of unbranched alkanes of at least 4 members (excludes halogenated alkanes) is 1. The van der Waals surface area contributed by atoms with Crippen LogP contribution in [0.3, 0.4) is 0 Å². The van der Waals surface area contributed by atoms with Crippen LogP contribution in [0.5, 0.6) is 0 Å². The molecule has 0 aliphatic heterocycles. The summed E-state index contributed by atoms with van der Waals surface area (Å²) in [5.74, 6) is 0.177. The number of aromatic nitrogens is 1. The molecule has 3 rings (SSSR count). The molecule has 1 aromatic heterocycles. The van der Waals surface area contributed by atoms with Crippen molar-refractivity contribution in [1.82, 2.24) is 9.47 Å². The van der Waals surface area contributed by atoms with Crippen molar-refractivity contribution < 1.29 is 9.59 Å². The third-order valence-electron chi connectivity index (χ3n) is 5.15. The molecule has 4 heteroatoms. The summed E-state index contributed by atoms with van der Waals surface area (Å²) < 4.78 is 1.75. The smallest absolute Gasteiger partial charge is 0.262 e. The molecular formula is C24H28N2O2. The Morgan fingerprint density at radius 2 is 1.61 bits per heavy atom. The molecule has 0 aliphatic carbocycles. The van der Waals surface area contributed by atoms with Gasteiger partial charge in [0, 0.05) is 29.5 Å². The molecule has 0 N–H and O–H groups in total. The maximum absolute atomic E-state index is 13.1. The van der Waals surface area contributed by atoms with E-state index in [0.717, 1.165) is 41.5 Å². The van der Waals surface area contributed by atoms with E-state index >= 15 is 0 Å². The summed E-state index contributed by atoms with van der Waals surface area (Å²) >= 11 is 0. The number of para-hydroxylation sites is 1. The van der Waals surface area contributed by atoms with Gasteiger partial charge >= 0.3 is 0 Å². The number of hydrogen-bond donors (Lipinski definition) is 0. The van der Waals surface area contributed by atoms with Crippen LogP contribution in [0, 0.1) is 6.92 Å². The summed E-state index contributed by atoms with van der Waals surface area (Å²) in [7, 11) is 4.09. The molecule has 3 aromatic rings. The fourth-order valence-electron chi connectivity index (χ4n) is 3.66. The van der Waals surface area contributed by atoms with Crippen molar-refractivity contribution in [2.24, 2.45) is 0 Å². The fraction of sp³-hybridized carbons (Fsp3) is 0.333. The zero-order valence-electron chi connectivity index (χ0n) is 16.9. The first kappa shape index (κ1) is 20.0. The zero-order valence-corrected chi connectivity index (χ0v) is 16.9. The lowest BCUT2D eigenvalue weighted by atomic mass is 10.0. The molecule has 1 heterocycles. The van der Waals surface area contributed by atoms with Crippen LogP contribution >= 0.6 is 0 Å². The predicted molar refractivity (Wildman–Crippen MR) is 114 cm³/mol. The molecule has 2 aromatic carbocycles. The first-order valence-corrected chi connectivity index (χ1v) is 9.84. The number of hydrogen-bond acceptors (Lipinski definition) is 3. The Morgan fingerprint density at radius 1 is 0.929 bits per heavy atom. The third-order valence-corrected chi connectivity index (χ3v) is 5.15.